The van der Waals surface area contributed by atoms with E-state index in [9.17, 15) is 0 Å². The zero-order valence-corrected chi connectivity index (χ0v) is 5.45. The Morgan fingerprint density at radius 2 is 2.50 bits per heavy atom. The van der Waals surface area contributed by atoms with Crippen LogP contribution in [0.3, 0.4) is 0 Å². The molecule has 2 heterocycles. The van der Waals surface area contributed by atoms with Crippen LogP contribution in [0.15, 0.2) is 35.5 Å². The number of aromatic nitrogens is 1. The number of oxazole rings is 1. The van der Waals surface area contributed by atoms with Gasteiger partial charge in [0, 0.05) is 12.7 Å². The topological polar surface area (TPSA) is 50.1 Å². The number of hydrogen-bond donors (Lipinski definition) is 2. The van der Waals surface area contributed by atoms with Gasteiger partial charge in [0.05, 0.1) is 6.20 Å². The molecule has 1 aromatic heterocycles. The standard InChI is InChI=1S/C3H6N2.C3H3NO/c1-2-4-5-3-1;1-2-5-3-4-1/h1-2,4-5H,3H2;1-3H. The predicted octanol–water partition coefficient (Wildman–Crippen LogP) is 0.282. The third kappa shape index (κ3) is 2.88. The summed E-state index contributed by atoms with van der Waals surface area (Å²) in [7, 11) is 0. The molecule has 0 amide bonds. The van der Waals surface area contributed by atoms with Gasteiger partial charge in [-0.15, -0.1) is 0 Å². The van der Waals surface area contributed by atoms with E-state index in [4.69, 9.17) is 0 Å². The highest BCUT2D eigenvalue weighted by molar-refractivity contribution is 4.85. The highest BCUT2D eigenvalue weighted by Gasteiger charge is 1.78. The maximum absolute atomic E-state index is 4.47. The van der Waals surface area contributed by atoms with Crippen LogP contribution in [-0.4, -0.2) is 11.5 Å². The SMILES string of the molecule is C1=CNNC1.c1cocn1. The second kappa shape index (κ2) is 4.58. The maximum Gasteiger partial charge on any atom is 0.180 e. The molecule has 54 valence electrons. The average molecular weight is 139 g/mol. The Bertz CT molecular complexity index is 148. The van der Waals surface area contributed by atoms with Crippen LogP contribution in [0, 0.1) is 0 Å². The van der Waals surface area contributed by atoms with Crippen LogP contribution in [0.25, 0.3) is 0 Å². The number of rotatable bonds is 0. The first-order valence-electron chi connectivity index (χ1n) is 2.95. The highest BCUT2D eigenvalue weighted by Crippen LogP contribution is 1.72. The molecule has 0 radical (unpaired) electrons. The lowest BCUT2D eigenvalue weighted by Gasteiger charge is -1.83. The minimum absolute atomic E-state index is 0.958. The number of nitrogens with zero attached hydrogens (tertiary/aromatic N) is 1. The lowest BCUT2D eigenvalue weighted by Crippen LogP contribution is -2.19. The molecule has 0 unspecified atom stereocenters. The van der Waals surface area contributed by atoms with Crippen molar-refractivity contribution >= 4 is 0 Å². The second-order valence-corrected chi connectivity index (χ2v) is 1.60. The summed E-state index contributed by atoms with van der Waals surface area (Å²) >= 11 is 0. The molecule has 0 saturated heterocycles. The van der Waals surface area contributed by atoms with Crippen molar-refractivity contribution < 1.29 is 4.42 Å². The second-order valence-electron chi connectivity index (χ2n) is 1.60. The molecular weight excluding hydrogens is 130 g/mol. The molecule has 0 aromatic carbocycles. The van der Waals surface area contributed by atoms with E-state index in [0.717, 1.165) is 6.54 Å². The summed E-state index contributed by atoms with van der Waals surface area (Å²) in [5.74, 6) is 0. The third-order valence-corrected chi connectivity index (χ3v) is 0.870. The fourth-order valence-electron chi connectivity index (χ4n) is 0.470. The lowest BCUT2D eigenvalue weighted by atomic mass is 10.7. The van der Waals surface area contributed by atoms with Crippen LogP contribution in [0.2, 0.25) is 0 Å². The van der Waals surface area contributed by atoms with E-state index >= 15 is 0 Å². The Morgan fingerprint density at radius 3 is 2.70 bits per heavy atom. The van der Waals surface area contributed by atoms with Crippen molar-refractivity contribution in [3.05, 3.63) is 31.1 Å². The Balaban J connectivity index is 0.0000001000. The summed E-state index contributed by atoms with van der Waals surface area (Å²) in [5, 5.41) is 0. The summed E-state index contributed by atoms with van der Waals surface area (Å²) in [6.45, 7) is 0.958. The first-order chi connectivity index (χ1) is 5.00. The van der Waals surface area contributed by atoms with Gasteiger partial charge in [-0.05, 0) is 0 Å². The van der Waals surface area contributed by atoms with Gasteiger partial charge in [0.2, 0.25) is 0 Å². The summed E-state index contributed by atoms with van der Waals surface area (Å²) in [4.78, 5) is 3.56. The van der Waals surface area contributed by atoms with Crippen molar-refractivity contribution in [2.75, 3.05) is 6.54 Å². The molecule has 0 spiro atoms. The van der Waals surface area contributed by atoms with Gasteiger partial charge in [-0.2, -0.15) is 0 Å². The monoisotopic (exact) mass is 139 g/mol. The molecule has 4 heteroatoms. The molecule has 1 aliphatic heterocycles. The summed E-state index contributed by atoms with van der Waals surface area (Å²) in [6.07, 6.45) is 8.36. The molecule has 10 heavy (non-hydrogen) atoms. The van der Waals surface area contributed by atoms with Gasteiger partial charge < -0.3 is 9.84 Å². The zero-order valence-electron chi connectivity index (χ0n) is 5.45. The molecule has 1 aliphatic rings. The zero-order chi connectivity index (χ0) is 7.07. The van der Waals surface area contributed by atoms with Crippen molar-refractivity contribution in [1.29, 1.82) is 0 Å². The third-order valence-electron chi connectivity index (χ3n) is 0.870. The van der Waals surface area contributed by atoms with Gasteiger partial charge in [0.1, 0.15) is 6.26 Å². The largest absolute Gasteiger partial charge is 0.452 e. The number of nitrogens with one attached hydrogen (secondary N) is 2. The normalized spacial score (nSPS) is 13.6. The molecule has 0 fully saturated rings. The minimum Gasteiger partial charge on any atom is -0.452 e. The van der Waals surface area contributed by atoms with Crippen LogP contribution in [-0.2, 0) is 0 Å². The molecule has 0 aliphatic carbocycles. The minimum atomic E-state index is 0.958. The molecule has 0 bridgehead atoms. The maximum atomic E-state index is 4.47. The van der Waals surface area contributed by atoms with Crippen LogP contribution in [0.4, 0.5) is 0 Å². The fraction of sp³-hybridized carbons (Fsp3) is 0.167. The van der Waals surface area contributed by atoms with Crippen molar-refractivity contribution in [3.8, 4) is 0 Å². The molecule has 2 rings (SSSR count). The molecular formula is C6H9N3O. The fourth-order valence-corrected chi connectivity index (χ4v) is 0.470. The first kappa shape index (κ1) is 6.82. The summed E-state index contributed by atoms with van der Waals surface area (Å²) in [6, 6.07) is 0. The van der Waals surface area contributed by atoms with E-state index in [1.807, 2.05) is 12.3 Å². The van der Waals surface area contributed by atoms with Gasteiger partial charge in [-0.25, -0.2) is 10.4 Å². The number of hydrazine groups is 1. The van der Waals surface area contributed by atoms with Crippen LogP contribution in [0.5, 0.6) is 0 Å². The molecule has 0 atom stereocenters. The quantitative estimate of drug-likeness (QED) is 0.542. The molecule has 1 aromatic rings. The summed E-state index contributed by atoms with van der Waals surface area (Å²) < 4.78 is 4.47. The Kier molecular flexibility index (Phi) is 3.12. The predicted molar refractivity (Wildman–Crippen MR) is 36.8 cm³/mol. The van der Waals surface area contributed by atoms with Gasteiger partial charge in [0.15, 0.2) is 6.39 Å². The van der Waals surface area contributed by atoms with Crippen molar-refractivity contribution in [3.63, 3.8) is 0 Å². The highest BCUT2D eigenvalue weighted by atomic mass is 16.3. The Hall–Kier alpha value is -1.29. The smallest absolute Gasteiger partial charge is 0.180 e. The van der Waals surface area contributed by atoms with Gasteiger partial charge >= 0.3 is 0 Å². The average Bonchev–Trinajstić information content (AvgIpc) is 2.67. The molecule has 0 saturated carbocycles. The van der Waals surface area contributed by atoms with Crippen molar-refractivity contribution in [2.24, 2.45) is 0 Å². The van der Waals surface area contributed by atoms with E-state index in [1.54, 1.807) is 6.20 Å². The Labute approximate surface area is 58.9 Å². The van der Waals surface area contributed by atoms with E-state index < -0.39 is 0 Å². The van der Waals surface area contributed by atoms with E-state index in [0.29, 0.717) is 0 Å². The number of hydrogen-bond acceptors (Lipinski definition) is 4. The van der Waals surface area contributed by atoms with Gasteiger partial charge in [0.25, 0.3) is 0 Å². The van der Waals surface area contributed by atoms with Crippen LogP contribution >= 0.6 is 0 Å². The summed E-state index contributed by atoms with van der Waals surface area (Å²) in [5.41, 5.74) is 5.65. The van der Waals surface area contributed by atoms with Crippen molar-refractivity contribution in [2.45, 2.75) is 0 Å². The Morgan fingerprint density at radius 1 is 1.50 bits per heavy atom. The van der Waals surface area contributed by atoms with Crippen molar-refractivity contribution in [1.82, 2.24) is 15.8 Å². The van der Waals surface area contributed by atoms with Crippen LogP contribution in [0.1, 0.15) is 0 Å². The first-order valence-corrected chi connectivity index (χ1v) is 2.95. The van der Waals surface area contributed by atoms with E-state index in [-0.39, 0.29) is 0 Å². The van der Waals surface area contributed by atoms with Gasteiger partial charge in [-0.3, -0.25) is 0 Å². The van der Waals surface area contributed by atoms with Gasteiger partial charge in [-0.1, -0.05) is 6.08 Å². The molecule has 4 nitrogen and oxygen atoms in total. The lowest BCUT2D eigenvalue weighted by molar-refractivity contribution is 0.558. The van der Waals surface area contributed by atoms with Crippen LogP contribution < -0.4 is 10.9 Å². The van der Waals surface area contributed by atoms with E-state index in [1.165, 1.54) is 12.7 Å². The molecule has 2 N–H and O–H groups in total. The van der Waals surface area contributed by atoms with E-state index in [2.05, 4.69) is 20.3 Å².